The fourth-order valence-corrected chi connectivity index (χ4v) is 5.24. The third-order valence-corrected chi connectivity index (χ3v) is 7.29. The fraction of sp³-hybridized carbons (Fsp3) is 0.0857. The maximum atomic E-state index is 12.8. The Bertz CT molecular complexity index is 2130. The number of fused-ring (bicyclic) bond motifs is 4. The van der Waals surface area contributed by atoms with E-state index in [0.717, 1.165) is 11.3 Å². The number of carbonyl (C=O) groups excluding carboxylic acids is 2. The lowest BCUT2D eigenvalue weighted by atomic mass is 9.87. The number of ketones is 1. The SMILES string of the molecule is CCOC(=O)c1[nH]c2ccccc2c(=O)c1Nc1ccccc1.O=C1c2ccccc2Cc2c1[nH]c1ccccc1c2=O. The van der Waals surface area contributed by atoms with Crippen molar-refractivity contribution in [2.45, 2.75) is 13.3 Å². The number of pyridine rings is 2. The normalized spacial score (nSPS) is 11.7. The van der Waals surface area contributed by atoms with Gasteiger partial charge in [-0.05, 0) is 48.9 Å². The van der Waals surface area contributed by atoms with Gasteiger partial charge >= 0.3 is 5.97 Å². The number of anilines is 2. The molecule has 3 N–H and O–H groups in total. The predicted octanol–water partition coefficient (Wildman–Crippen LogP) is 6.11. The van der Waals surface area contributed by atoms with Crippen molar-refractivity contribution in [3.8, 4) is 0 Å². The van der Waals surface area contributed by atoms with Crippen molar-refractivity contribution in [3.05, 3.63) is 152 Å². The molecule has 0 atom stereocenters. The number of aromatic nitrogens is 2. The van der Waals surface area contributed by atoms with E-state index in [1.807, 2.05) is 72.8 Å². The number of nitrogens with one attached hydrogen (secondary N) is 3. The standard InChI is InChI=1S/C18H16N2O3.C17H11NO2/c1-2-23-18(22)16-15(19-12-8-4-3-5-9-12)17(21)13-10-6-7-11-14(13)20-16;19-16-12-7-3-4-8-14(12)18-15-13(16)9-10-5-1-2-6-11(10)17(15)20/h3-11,19H,2H2,1H3,(H,20,21);1-8H,9H2,(H,18,19). The lowest BCUT2D eigenvalue weighted by molar-refractivity contribution is 0.0521. The molecule has 2 heterocycles. The van der Waals surface area contributed by atoms with Crippen molar-refractivity contribution >= 4 is 44.9 Å². The van der Waals surface area contributed by atoms with Crippen LogP contribution in [0.4, 0.5) is 11.4 Å². The number of hydrogen-bond acceptors (Lipinski definition) is 6. The Hall–Kier alpha value is -5.76. The molecular weight excluding hydrogens is 542 g/mol. The van der Waals surface area contributed by atoms with E-state index < -0.39 is 5.97 Å². The molecule has 4 aromatic carbocycles. The van der Waals surface area contributed by atoms with Gasteiger partial charge in [-0.25, -0.2) is 4.79 Å². The van der Waals surface area contributed by atoms with Crippen molar-refractivity contribution in [2.24, 2.45) is 0 Å². The summed E-state index contributed by atoms with van der Waals surface area (Å²) in [6, 6.07) is 31.1. The zero-order valence-corrected chi connectivity index (χ0v) is 23.3. The third kappa shape index (κ3) is 5.22. The number of carbonyl (C=O) groups is 2. The van der Waals surface area contributed by atoms with Gasteiger partial charge in [-0.1, -0.05) is 66.7 Å². The van der Waals surface area contributed by atoms with Crippen molar-refractivity contribution in [1.29, 1.82) is 0 Å². The van der Waals surface area contributed by atoms with E-state index in [2.05, 4.69) is 15.3 Å². The van der Waals surface area contributed by atoms with Crippen LogP contribution in [0, 0.1) is 0 Å². The molecule has 1 aliphatic carbocycles. The summed E-state index contributed by atoms with van der Waals surface area (Å²) in [4.78, 5) is 56.2. The smallest absolute Gasteiger partial charge is 0.357 e. The summed E-state index contributed by atoms with van der Waals surface area (Å²) in [5.41, 5.74) is 4.68. The second kappa shape index (κ2) is 11.6. The number of ether oxygens (including phenoxy) is 1. The fourth-order valence-electron chi connectivity index (χ4n) is 5.24. The zero-order chi connectivity index (χ0) is 29.9. The van der Waals surface area contributed by atoms with Crippen molar-refractivity contribution in [2.75, 3.05) is 11.9 Å². The highest BCUT2D eigenvalue weighted by Gasteiger charge is 2.26. The molecule has 0 radical (unpaired) electrons. The van der Waals surface area contributed by atoms with E-state index in [0.29, 0.717) is 45.0 Å². The number of para-hydroxylation sites is 3. The molecule has 0 aliphatic heterocycles. The van der Waals surface area contributed by atoms with E-state index in [1.165, 1.54) is 0 Å². The molecule has 2 aromatic heterocycles. The molecule has 7 rings (SSSR count). The van der Waals surface area contributed by atoms with Crippen molar-refractivity contribution in [1.82, 2.24) is 9.97 Å². The highest BCUT2D eigenvalue weighted by Crippen LogP contribution is 2.25. The van der Waals surface area contributed by atoms with E-state index in [9.17, 15) is 19.2 Å². The molecule has 1 aliphatic rings. The Balaban J connectivity index is 0.000000154. The summed E-state index contributed by atoms with van der Waals surface area (Å²) in [6.45, 7) is 1.96. The van der Waals surface area contributed by atoms with Crippen LogP contribution in [-0.4, -0.2) is 28.3 Å². The van der Waals surface area contributed by atoms with Gasteiger partial charge in [0.15, 0.2) is 11.1 Å². The minimum atomic E-state index is -0.561. The third-order valence-electron chi connectivity index (χ3n) is 7.29. The number of rotatable bonds is 4. The molecule has 8 nitrogen and oxygen atoms in total. The molecule has 6 aromatic rings. The number of esters is 1. The minimum Gasteiger partial charge on any atom is -0.461 e. The highest BCUT2D eigenvalue weighted by atomic mass is 16.5. The second-order valence-electron chi connectivity index (χ2n) is 9.98. The van der Waals surface area contributed by atoms with Gasteiger partial charge in [-0.15, -0.1) is 0 Å². The van der Waals surface area contributed by atoms with Crippen LogP contribution in [-0.2, 0) is 11.2 Å². The first-order valence-electron chi connectivity index (χ1n) is 13.9. The van der Waals surface area contributed by atoms with Crippen LogP contribution in [0.15, 0.2) is 113 Å². The molecule has 43 heavy (non-hydrogen) atoms. The van der Waals surface area contributed by atoms with E-state index in [-0.39, 0.29) is 34.6 Å². The zero-order valence-electron chi connectivity index (χ0n) is 23.3. The monoisotopic (exact) mass is 569 g/mol. The van der Waals surface area contributed by atoms with Crippen LogP contribution in [0.3, 0.4) is 0 Å². The number of aromatic amines is 2. The lowest BCUT2D eigenvalue weighted by Crippen LogP contribution is -2.24. The van der Waals surface area contributed by atoms with Crippen molar-refractivity contribution < 1.29 is 14.3 Å². The summed E-state index contributed by atoms with van der Waals surface area (Å²) < 4.78 is 5.06. The molecular formula is C35H27N3O5. The highest BCUT2D eigenvalue weighted by molar-refractivity contribution is 6.12. The van der Waals surface area contributed by atoms with Gasteiger partial charge in [0.05, 0.1) is 17.8 Å². The Morgan fingerprint density at radius 1 is 0.744 bits per heavy atom. The van der Waals surface area contributed by atoms with Crippen LogP contribution in [0.25, 0.3) is 21.8 Å². The average Bonchev–Trinajstić information content (AvgIpc) is 3.04. The summed E-state index contributed by atoms with van der Waals surface area (Å²) in [6.07, 6.45) is 0.511. The average molecular weight is 570 g/mol. The Labute approximate surface area is 246 Å². The topological polar surface area (TPSA) is 121 Å². The number of hydrogen-bond donors (Lipinski definition) is 3. The molecule has 8 heteroatoms. The van der Waals surface area contributed by atoms with Crippen LogP contribution in [0.2, 0.25) is 0 Å². The summed E-state index contributed by atoms with van der Waals surface area (Å²) in [7, 11) is 0. The number of H-pyrrole nitrogens is 2. The Morgan fingerprint density at radius 3 is 2.07 bits per heavy atom. The molecule has 0 unspecified atom stereocenters. The van der Waals surface area contributed by atoms with Crippen LogP contribution in [0.5, 0.6) is 0 Å². The molecule has 0 saturated heterocycles. The van der Waals surface area contributed by atoms with Gasteiger partial charge < -0.3 is 20.0 Å². The summed E-state index contributed by atoms with van der Waals surface area (Å²) >= 11 is 0. The Kier molecular flexibility index (Phi) is 7.41. The first-order valence-corrected chi connectivity index (χ1v) is 13.9. The largest absolute Gasteiger partial charge is 0.461 e. The van der Waals surface area contributed by atoms with Gasteiger partial charge in [0.25, 0.3) is 0 Å². The number of benzene rings is 4. The van der Waals surface area contributed by atoms with E-state index in [1.54, 1.807) is 37.3 Å². The Morgan fingerprint density at radius 2 is 1.35 bits per heavy atom. The molecule has 212 valence electrons. The minimum absolute atomic E-state index is 0.0443. The first-order chi connectivity index (χ1) is 21.0. The quantitative estimate of drug-likeness (QED) is 0.220. The lowest BCUT2D eigenvalue weighted by Gasteiger charge is -2.18. The van der Waals surface area contributed by atoms with Crippen LogP contribution < -0.4 is 16.2 Å². The maximum absolute atomic E-state index is 12.8. The van der Waals surface area contributed by atoms with Crippen molar-refractivity contribution in [3.63, 3.8) is 0 Å². The molecule has 0 fully saturated rings. The van der Waals surface area contributed by atoms with Gasteiger partial charge in [0.2, 0.25) is 11.2 Å². The molecule has 0 spiro atoms. The van der Waals surface area contributed by atoms with Crippen LogP contribution in [0.1, 0.15) is 44.6 Å². The van der Waals surface area contributed by atoms with E-state index in [4.69, 9.17) is 4.74 Å². The van der Waals surface area contributed by atoms with E-state index >= 15 is 0 Å². The van der Waals surface area contributed by atoms with Gasteiger partial charge in [0.1, 0.15) is 5.69 Å². The van der Waals surface area contributed by atoms with Gasteiger partial charge in [-0.3, -0.25) is 14.4 Å². The molecule has 0 saturated carbocycles. The second-order valence-corrected chi connectivity index (χ2v) is 9.98. The van der Waals surface area contributed by atoms with Gasteiger partial charge in [-0.2, -0.15) is 0 Å². The molecule has 0 amide bonds. The predicted molar refractivity (Wildman–Crippen MR) is 167 cm³/mol. The summed E-state index contributed by atoms with van der Waals surface area (Å²) in [5, 5.41) is 4.18. The van der Waals surface area contributed by atoms with Gasteiger partial charge in [0, 0.05) is 39.5 Å². The molecule has 0 bridgehead atoms. The summed E-state index contributed by atoms with van der Waals surface area (Å²) in [5.74, 6) is -0.654. The van der Waals surface area contributed by atoms with Crippen LogP contribution >= 0.6 is 0 Å². The maximum Gasteiger partial charge on any atom is 0.357 e. The first kappa shape index (κ1) is 27.4.